The average Bonchev–Trinajstić information content (AvgIpc) is 2.15. The second-order valence-corrected chi connectivity index (χ2v) is 4.85. The second kappa shape index (κ2) is 3.78. The van der Waals surface area contributed by atoms with Gasteiger partial charge in [-0.1, -0.05) is 12.1 Å². The highest BCUT2D eigenvalue weighted by atomic mass is 32.2. The van der Waals surface area contributed by atoms with Crippen molar-refractivity contribution in [2.24, 2.45) is 5.14 Å². The highest BCUT2D eigenvalue weighted by Gasteiger charge is 2.17. The lowest BCUT2D eigenvalue weighted by atomic mass is 10.1. The van der Waals surface area contributed by atoms with Gasteiger partial charge in [0, 0.05) is 0 Å². The average molecular weight is 210 g/mol. The van der Waals surface area contributed by atoms with Gasteiger partial charge in [0.05, 0.1) is 16.9 Å². The van der Waals surface area contributed by atoms with Crippen LogP contribution in [0.25, 0.3) is 0 Å². The van der Waals surface area contributed by atoms with Crippen LogP contribution < -0.4 is 5.14 Å². The number of nitriles is 1. The zero-order chi connectivity index (χ0) is 10.8. The molecule has 14 heavy (non-hydrogen) atoms. The van der Waals surface area contributed by atoms with Gasteiger partial charge in [-0.05, 0) is 24.6 Å². The van der Waals surface area contributed by atoms with Crippen LogP contribution in [0.3, 0.4) is 0 Å². The summed E-state index contributed by atoms with van der Waals surface area (Å²) >= 11 is 0. The molecule has 4 nitrogen and oxygen atoms in total. The van der Waals surface area contributed by atoms with Crippen LogP contribution in [0.2, 0.25) is 0 Å². The number of hydrogen-bond acceptors (Lipinski definition) is 3. The van der Waals surface area contributed by atoms with Gasteiger partial charge in [-0.2, -0.15) is 5.26 Å². The summed E-state index contributed by atoms with van der Waals surface area (Å²) in [6.45, 7) is 1.51. The van der Waals surface area contributed by atoms with Crippen molar-refractivity contribution in [3.8, 4) is 6.07 Å². The Labute approximate surface area is 83.0 Å². The van der Waals surface area contributed by atoms with Gasteiger partial charge in [0.1, 0.15) is 0 Å². The van der Waals surface area contributed by atoms with Crippen molar-refractivity contribution in [1.82, 2.24) is 0 Å². The zero-order valence-corrected chi connectivity index (χ0v) is 8.45. The van der Waals surface area contributed by atoms with Gasteiger partial charge in [0.15, 0.2) is 0 Å². The van der Waals surface area contributed by atoms with Gasteiger partial charge < -0.3 is 0 Å². The molecule has 0 spiro atoms. The third kappa shape index (κ3) is 2.31. The molecule has 1 rings (SSSR count). The minimum absolute atomic E-state index is 0.496. The van der Waals surface area contributed by atoms with Crippen molar-refractivity contribution in [2.75, 3.05) is 0 Å². The normalized spacial score (nSPS) is 13.2. The first-order valence-electron chi connectivity index (χ1n) is 3.97. The summed E-state index contributed by atoms with van der Waals surface area (Å²) in [6.07, 6.45) is 0. The number of nitrogens with two attached hydrogens (primary N) is 1. The van der Waals surface area contributed by atoms with Gasteiger partial charge in [0.2, 0.25) is 10.0 Å². The summed E-state index contributed by atoms with van der Waals surface area (Å²) < 4.78 is 22.0. The van der Waals surface area contributed by atoms with E-state index in [0.29, 0.717) is 11.1 Å². The van der Waals surface area contributed by atoms with Crippen molar-refractivity contribution in [1.29, 1.82) is 5.26 Å². The molecule has 0 heterocycles. The quantitative estimate of drug-likeness (QED) is 0.787. The van der Waals surface area contributed by atoms with E-state index in [-0.39, 0.29) is 0 Å². The summed E-state index contributed by atoms with van der Waals surface area (Å²) in [5.41, 5.74) is 1.09. The maximum absolute atomic E-state index is 11.0. The number of hydrogen-bond donors (Lipinski definition) is 1. The fraction of sp³-hybridized carbons (Fsp3) is 0.222. The van der Waals surface area contributed by atoms with Crippen molar-refractivity contribution in [3.05, 3.63) is 35.4 Å². The fourth-order valence-corrected chi connectivity index (χ4v) is 1.55. The zero-order valence-electron chi connectivity index (χ0n) is 7.64. The van der Waals surface area contributed by atoms with Crippen LogP contribution in [0.4, 0.5) is 0 Å². The maximum atomic E-state index is 11.0. The third-order valence-corrected chi connectivity index (χ3v) is 3.26. The van der Waals surface area contributed by atoms with Crippen LogP contribution in [0.1, 0.15) is 23.3 Å². The Hall–Kier alpha value is -1.38. The predicted molar refractivity (Wildman–Crippen MR) is 52.7 cm³/mol. The van der Waals surface area contributed by atoms with E-state index in [1.807, 2.05) is 6.07 Å². The van der Waals surface area contributed by atoms with E-state index < -0.39 is 15.3 Å². The van der Waals surface area contributed by atoms with Crippen LogP contribution in [-0.2, 0) is 10.0 Å². The Balaban J connectivity index is 3.06. The first kappa shape index (κ1) is 10.7. The van der Waals surface area contributed by atoms with Crippen molar-refractivity contribution in [3.63, 3.8) is 0 Å². The first-order chi connectivity index (χ1) is 6.45. The van der Waals surface area contributed by atoms with Crippen molar-refractivity contribution >= 4 is 10.0 Å². The van der Waals surface area contributed by atoms with Crippen molar-refractivity contribution < 1.29 is 8.42 Å². The SMILES string of the molecule is C[C@@H](c1ccc(C#N)cc1)S(N)(=O)=O. The van der Waals surface area contributed by atoms with Gasteiger partial charge in [-0.15, -0.1) is 0 Å². The lowest BCUT2D eigenvalue weighted by Gasteiger charge is -2.08. The first-order valence-corrected chi connectivity index (χ1v) is 5.58. The lowest BCUT2D eigenvalue weighted by molar-refractivity contribution is 0.588. The molecule has 0 aliphatic carbocycles. The molecule has 0 bridgehead atoms. The molecule has 1 atom stereocenters. The molecule has 0 fully saturated rings. The molecule has 0 aliphatic rings. The Morgan fingerprint density at radius 3 is 2.21 bits per heavy atom. The number of nitrogens with zero attached hydrogens (tertiary/aromatic N) is 1. The molecule has 74 valence electrons. The van der Waals surface area contributed by atoms with Crippen LogP contribution in [0, 0.1) is 11.3 Å². The summed E-state index contributed by atoms with van der Waals surface area (Å²) in [5.74, 6) is 0. The molecule has 0 amide bonds. The summed E-state index contributed by atoms with van der Waals surface area (Å²) in [7, 11) is -3.56. The highest BCUT2D eigenvalue weighted by molar-refractivity contribution is 7.89. The summed E-state index contributed by atoms with van der Waals surface area (Å²) in [6, 6.07) is 8.27. The van der Waals surface area contributed by atoms with Crippen LogP contribution in [0.5, 0.6) is 0 Å². The number of sulfonamides is 1. The summed E-state index contributed by atoms with van der Waals surface area (Å²) in [4.78, 5) is 0. The molecule has 0 aromatic heterocycles. The standard InChI is InChI=1S/C9H10N2O2S/c1-7(14(11,12)13)9-4-2-8(6-10)3-5-9/h2-5,7H,1H3,(H2,11,12,13)/t7-/m0/s1. The van der Waals surface area contributed by atoms with Gasteiger partial charge in [-0.3, -0.25) is 0 Å². The third-order valence-electron chi connectivity index (χ3n) is 2.00. The van der Waals surface area contributed by atoms with E-state index in [2.05, 4.69) is 0 Å². The monoisotopic (exact) mass is 210 g/mol. The molecular formula is C9H10N2O2S. The maximum Gasteiger partial charge on any atom is 0.215 e. The Bertz CT molecular complexity index is 457. The lowest BCUT2D eigenvalue weighted by Crippen LogP contribution is -2.19. The Kier molecular flexibility index (Phi) is 2.89. The predicted octanol–water partition coefficient (Wildman–Crippen LogP) is 0.908. The minimum Gasteiger partial charge on any atom is -0.228 e. The van der Waals surface area contributed by atoms with Gasteiger partial charge >= 0.3 is 0 Å². The van der Waals surface area contributed by atoms with E-state index in [4.69, 9.17) is 10.4 Å². The van der Waals surface area contributed by atoms with Crippen molar-refractivity contribution in [2.45, 2.75) is 12.2 Å². The Morgan fingerprint density at radius 2 is 1.86 bits per heavy atom. The summed E-state index contributed by atoms with van der Waals surface area (Å²) in [5, 5.41) is 12.8. The van der Waals surface area contributed by atoms with E-state index in [0.717, 1.165) is 0 Å². The molecular weight excluding hydrogens is 200 g/mol. The van der Waals surface area contributed by atoms with Crippen LogP contribution in [-0.4, -0.2) is 8.42 Å². The molecule has 0 aliphatic heterocycles. The van der Waals surface area contributed by atoms with E-state index in [1.54, 1.807) is 24.3 Å². The molecule has 0 radical (unpaired) electrons. The molecule has 1 aromatic rings. The minimum atomic E-state index is -3.56. The van der Waals surface area contributed by atoms with Gasteiger partial charge in [-0.25, -0.2) is 13.6 Å². The number of primary sulfonamides is 1. The molecule has 0 saturated carbocycles. The molecule has 1 aromatic carbocycles. The molecule has 0 saturated heterocycles. The van der Waals surface area contributed by atoms with E-state index in [1.165, 1.54) is 6.92 Å². The fourth-order valence-electron chi connectivity index (χ4n) is 1.02. The highest BCUT2D eigenvalue weighted by Crippen LogP contribution is 2.19. The molecule has 0 unspecified atom stereocenters. The van der Waals surface area contributed by atoms with E-state index >= 15 is 0 Å². The number of rotatable bonds is 2. The second-order valence-electron chi connectivity index (χ2n) is 2.97. The van der Waals surface area contributed by atoms with Gasteiger partial charge in [0.25, 0.3) is 0 Å². The topological polar surface area (TPSA) is 83.9 Å². The Morgan fingerprint density at radius 1 is 1.36 bits per heavy atom. The van der Waals surface area contributed by atoms with E-state index in [9.17, 15) is 8.42 Å². The number of benzene rings is 1. The van der Waals surface area contributed by atoms with Crippen LogP contribution >= 0.6 is 0 Å². The molecule has 2 N–H and O–H groups in total. The smallest absolute Gasteiger partial charge is 0.215 e. The van der Waals surface area contributed by atoms with Crippen LogP contribution in [0.15, 0.2) is 24.3 Å². The molecule has 5 heteroatoms. The largest absolute Gasteiger partial charge is 0.228 e.